The van der Waals surface area contributed by atoms with E-state index in [1.54, 1.807) is 36.5 Å². The number of nitrogens with one attached hydrogen (secondary N) is 1. The maximum atomic E-state index is 8.95. The van der Waals surface area contributed by atoms with Gasteiger partial charge >= 0.3 is 0 Å². The number of hydrogen-bond donors (Lipinski definition) is 1. The molecule has 5 heteroatoms. The molecule has 0 spiro atoms. The van der Waals surface area contributed by atoms with Crippen molar-refractivity contribution >= 4 is 16.6 Å². The van der Waals surface area contributed by atoms with Gasteiger partial charge < -0.3 is 5.32 Å². The van der Waals surface area contributed by atoms with Crippen LogP contribution in [0.25, 0.3) is 10.9 Å². The Morgan fingerprint density at radius 3 is 2.53 bits per heavy atom. The molecule has 0 saturated heterocycles. The second-order valence-electron chi connectivity index (χ2n) is 3.62. The summed E-state index contributed by atoms with van der Waals surface area (Å²) >= 11 is 0. The number of allylic oxidation sites excluding steroid dienone is 2. The fourth-order valence-electron chi connectivity index (χ4n) is 1.58. The van der Waals surface area contributed by atoms with Crippen LogP contribution in [0.2, 0.25) is 0 Å². The molecule has 5 nitrogen and oxygen atoms in total. The van der Waals surface area contributed by atoms with Crippen molar-refractivity contribution in [2.45, 2.75) is 0 Å². The minimum absolute atomic E-state index is 0.0618. The van der Waals surface area contributed by atoms with E-state index in [0.29, 0.717) is 5.69 Å². The van der Waals surface area contributed by atoms with Crippen LogP contribution in [-0.2, 0) is 0 Å². The first-order valence-electron chi connectivity index (χ1n) is 5.35. The largest absolute Gasteiger partial charge is 0.345 e. The Bertz CT molecular complexity index is 768. The van der Waals surface area contributed by atoms with Crippen molar-refractivity contribution in [1.82, 2.24) is 4.98 Å². The maximum absolute atomic E-state index is 8.95. The monoisotopic (exact) mass is 245 g/mol. The summed E-state index contributed by atoms with van der Waals surface area (Å²) in [6, 6.07) is 14.2. The average molecular weight is 245 g/mol. The van der Waals surface area contributed by atoms with E-state index in [1.165, 1.54) is 0 Å². The number of fused-ring (bicyclic) bond motifs is 1. The summed E-state index contributed by atoms with van der Waals surface area (Å²) in [6.07, 6.45) is 1.69. The van der Waals surface area contributed by atoms with E-state index >= 15 is 0 Å². The van der Waals surface area contributed by atoms with E-state index in [4.69, 9.17) is 15.8 Å². The standard InChI is InChI=1S/C14H7N5/c15-7-11(8-16)14(9-17)19-12-3-4-13-10(6-12)2-1-5-18-13/h1-6,19H. The first-order valence-corrected chi connectivity index (χ1v) is 5.35. The lowest BCUT2D eigenvalue weighted by atomic mass is 10.2. The molecule has 2 rings (SSSR count). The molecule has 0 bridgehead atoms. The van der Waals surface area contributed by atoms with E-state index in [0.717, 1.165) is 10.9 Å². The molecule has 1 aromatic carbocycles. The Hall–Kier alpha value is -3.36. The van der Waals surface area contributed by atoms with Gasteiger partial charge in [0.2, 0.25) is 0 Å². The third-order valence-corrected chi connectivity index (χ3v) is 2.46. The minimum atomic E-state index is -0.242. The Labute approximate surface area is 109 Å². The second kappa shape index (κ2) is 5.31. The predicted octanol–water partition coefficient (Wildman–Crippen LogP) is 2.47. The minimum Gasteiger partial charge on any atom is -0.345 e. The van der Waals surface area contributed by atoms with Crippen LogP contribution >= 0.6 is 0 Å². The smallest absolute Gasteiger partial charge is 0.163 e. The molecule has 0 aliphatic heterocycles. The van der Waals surface area contributed by atoms with Gasteiger partial charge in [-0.25, -0.2) is 0 Å². The van der Waals surface area contributed by atoms with Crippen molar-refractivity contribution in [3.8, 4) is 18.2 Å². The Morgan fingerprint density at radius 1 is 1.05 bits per heavy atom. The molecule has 19 heavy (non-hydrogen) atoms. The fraction of sp³-hybridized carbons (Fsp3) is 0. The quantitative estimate of drug-likeness (QED) is 0.820. The van der Waals surface area contributed by atoms with Crippen molar-refractivity contribution in [3.63, 3.8) is 0 Å². The number of benzene rings is 1. The molecule has 0 amide bonds. The predicted molar refractivity (Wildman–Crippen MR) is 69.2 cm³/mol. The molecule has 0 saturated carbocycles. The molecule has 1 N–H and O–H groups in total. The molecule has 0 atom stereocenters. The van der Waals surface area contributed by atoms with Gasteiger partial charge in [-0.1, -0.05) is 6.07 Å². The van der Waals surface area contributed by atoms with Gasteiger partial charge in [-0.05, 0) is 24.3 Å². The van der Waals surface area contributed by atoms with E-state index in [2.05, 4.69) is 10.3 Å². The van der Waals surface area contributed by atoms with Gasteiger partial charge in [0.25, 0.3) is 0 Å². The molecular weight excluding hydrogens is 238 g/mol. The van der Waals surface area contributed by atoms with Crippen LogP contribution in [-0.4, -0.2) is 4.98 Å². The third-order valence-electron chi connectivity index (χ3n) is 2.46. The van der Waals surface area contributed by atoms with Crippen molar-refractivity contribution in [2.24, 2.45) is 0 Å². The van der Waals surface area contributed by atoms with Gasteiger partial charge in [0, 0.05) is 17.3 Å². The van der Waals surface area contributed by atoms with Crippen LogP contribution in [0.4, 0.5) is 5.69 Å². The lowest BCUT2D eigenvalue weighted by Crippen LogP contribution is -2.00. The van der Waals surface area contributed by atoms with Crippen LogP contribution < -0.4 is 5.32 Å². The number of hydrogen-bond acceptors (Lipinski definition) is 5. The zero-order valence-corrected chi connectivity index (χ0v) is 9.75. The molecule has 0 fully saturated rings. The van der Waals surface area contributed by atoms with Crippen LogP contribution in [0.3, 0.4) is 0 Å². The molecule has 0 aliphatic carbocycles. The summed E-state index contributed by atoms with van der Waals surface area (Å²) in [5.41, 5.74) is 1.15. The molecule has 0 aliphatic rings. The normalized spacial score (nSPS) is 8.89. The number of nitrogens with zero attached hydrogens (tertiary/aromatic N) is 4. The van der Waals surface area contributed by atoms with Gasteiger partial charge in [-0.3, -0.25) is 4.98 Å². The van der Waals surface area contributed by atoms with Crippen LogP contribution in [0.5, 0.6) is 0 Å². The number of pyridine rings is 1. The van der Waals surface area contributed by atoms with Crippen LogP contribution in [0.1, 0.15) is 0 Å². The zero-order chi connectivity index (χ0) is 13.7. The van der Waals surface area contributed by atoms with Gasteiger partial charge in [0.05, 0.1) is 5.52 Å². The molecule has 0 radical (unpaired) electrons. The van der Waals surface area contributed by atoms with Gasteiger partial charge in [-0.2, -0.15) is 15.8 Å². The lowest BCUT2D eigenvalue weighted by Gasteiger charge is -2.05. The lowest BCUT2D eigenvalue weighted by molar-refractivity contribution is 1.37. The number of aromatic nitrogens is 1. The van der Waals surface area contributed by atoms with Crippen molar-refractivity contribution in [3.05, 3.63) is 47.8 Å². The summed E-state index contributed by atoms with van der Waals surface area (Å²) in [5, 5.41) is 30.1. The summed E-state index contributed by atoms with van der Waals surface area (Å²) in [4.78, 5) is 4.18. The fourth-order valence-corrected chi connectivity index (χ4v) is 1.58. The van der Waals surface area contributed by atoms with E-state index in [-0.39, 0.29) is 11.3 Å². The van der Waals surface area contributed by atoms with Gasteiger partial charge in [0.15, 0.2) is 5.57 Å². The number of nitriles is 3. The second-order valence-corrected chi connectivity index (χ2v) is 3.62. The summed E-state index contributed by atoms with van der Waals surface area (Å²) in [6.45, 7) is 0. The third kappa shape index (κ3) is 2.49. The Balaban J connectivity index is 2.42. The average Bonchev–Trinajstić information content (AvgIpc) is 2.47. The molecule has 1 heterocycles. The molecular formula is C14H7N5. The summed E-state index contributed by atoms with van der Waals surface area (Å²) in [5.74, 6) is 0. The Morgan fingerprint density at radius 2 is 1.84 bits per heavy atom. The van der Waals surface area contributed by atoms with Crippen LogP contribution in [0, 0.1) is 34.0 Å². The highest BCUT2D eigenvalue weighted by Crippen LogP contribution is 2.19. The molecule has 88 valence electrons. The molecule has 1 aromatic heterocycles. The van der Waals surface area contributed by atoms with Crippen molar-refractivity contribution < 1.29 is 0 Å². The Kier molecular flexibility index (Phi) is 3.39. The van der Waals surface area contributed by atoms with E-state index in [1.807, 2.05) is 18.2 Å². The van der Waals surface area contributed by atoms with Crippen molar-refractivity contribution in [2.75, 3.05) is 5.32 Å². The van der Waals surface area contributed by atoms with E-state index in [9.17, 15) is 0 Å². The van der Waals surface area contributed by atoms with E-state index < -0.39 is 0 Å². The maximum Gasteiger partial charge on any atom is 0.163 e. The molecule has 0 unspecified atom stereocenters. The van der Waals surface area contributed by atoms with Gasteiger partial charge in [0.1, 0.15) is 23.9 Å². The number of rotatable bonds is 2. The van der Waals surface area contributed by atoms with Crippen LogP contribution in [0.15, 0.2) is 47.8 Å². The summed E-state index contributed by atoms with van der Waals surface area (Å²) < 4.78 is 0. The number of anilines is 1. The first-order chi connectivity index (χ1) is 9.28. The highest BCUT2D eigenvalue weighted by Gasteiger charge is 2.06. The highest BCUT2D eigenvalue weighted by molar-refractivity contribution is 5.82. The van der Waals surface area contributed by atoms with Gasteiger partial charge in [-0.15, -0.1) is 0 Å². The molecule has 2 aromatic rings. The zero-order valence-electron chi connectivity index (χ0n) is 9.75. The van der Waals surface area contributed by atoms with Crippen molar-refractivity contribution in [1.29, 1.82) is 15.8 Å². The summed E-state index contributed by atoms with van der Waals surface area (Å²) in [7, 11) is 0. The highest BCUT2D eigenvalue weighted by atomic mass is 14.9. The first kappa shape index (κ1) is 12.1. The topological polar surface area (TPSA) is 96.3 Å². The SMILES string of the molecule is N#CC(C#N)=C(C#N)Nc1ccc2ncccc2c1.